The molecule has 0 saturated heterocycles. The topological polar surface area (TPSA) is 58.2 Å². The van der Waals surface area contributed by atoms with E-state index in [0.29, 0.717) is 17.5 Å². The SMILES string of the molecule is Cc1cc(CNC(=O)[C@H](Cc2ccccc2)NC(=O)c2ccccc2)ccc1F. The van der Waals surface area contributed by atoms with Crippen LogP contribution in [0.2, 0.25) is 0 Å². The van der Waals surface area contributed by atoms with Crippen LogP contribution in [0.3, 0.4) is 0 Å². The van der Waals surface area contributed by atoms with Crippen molar-refractivity contribution in [1.29, 1.82) is 0 Å². The van der Waals surface area contributed by atoms with E-state index in [1.54, 1.807) is 43.3 Å². The van der Waals surface area contributed by atoms with Crippen molar-refractivity contribution in [3.63, 3.8) is 0 Å². The molecule has 3 aromatic rings. The van der Waals surface area contributed by atoms with Gasteiger partial charge in [-0.2, -0.15) is 0 Å². The minimum absolute atomic E-state index is 0.256. The van der Waals surface area contributed by atoms with Crippen molar-refractivity contribution in [2.75, 3.05) is 0 Å². The van der Waals surface area contributed by atoms with Gasteiger partial charge in [-0.15, -0.1) is 0 Å². The first-order chi connectivity index (χ1) is 14.0. The molecule has 0 heterocycles. The van der Waals surface area contributed by atoms with Crippen LogP contribution < -0.4 is 10.6 Å². The Bertz CT molecular complexity index is 975. The molecule has 29 heavy (non-hydrogen) atoms. The van der Waals surface area contributed by atoms with Crippen LogP contribution in [0.1, 0.15) is 27.0 Å². The molecule has 5 heteroatoms. The Hall–Kier alpha value is -3.47. The highest BCUT2D eigenvalue weighted by Gasteiger charge is 2.21. The fraction of sp³-hybridized carbons (Fsp3) is 0.167. The Morgan fingerprint density at radius 2 is 1.55 bits per heavy atom. The van der Waals surface area contributed by atoms with Crippen molar-refractivity contribution >= 4 is 11.8 Å². The van der Waals surface area contributed by atoms with Crippen molar-refractivity contribution in [3.05, 3.63) is 107 Å². The Morgan fingerprint density at radius 3 is 2.21 bits per heavy atom. The normalized spacial score (nSPS) is 11.5. The molecule has 148 valence electrons. The molecule has 0 aliphatic rings. The molecule has 4 nitrogen and oxygen atoms in total. The lowest BCUT2D eigenvalue weighted by Gasteiger charge is -2.19. The van der Waals surface area contributed by atoms with Gasteiger partial charge in [0.25, 0.3) is 5.91 Å². The van der Waals surface area contributed by atoms with Gasteiger partial charge in [0.1, 0.15) is 11.9 Å². The largest absolute Gasteiger partial charge is 0.350 e. The van der Waals surface area contributed by atoms with Crippen LogP contribution >= 0.6 is 0 Å². The lowest BCUT2D eigenvalue weighted by molar-refractivity contribution is -0.123. The number of aryl methyl sites for hydroxylation is 1. The van der Waals surface area contributed by atoms with Crippen molar-refractivity contribution in [2.24, 2.45) is 0 Å². The first kappa shape index (κ1) is 20.3. The molecule has 0 saturated carbocycles. The highest BCUT2D eigenvalue weighted by atomic mass is 19.1. The molecule has 0 aromatic heterocycles. The molecule has 2 N–H and O–H groups in total. The summed E-state index contributed by atoms with van der Waals surface area (Å²) in [5, 5.41) is 5.67. The van der Waals surface area contributed by atoms with E-state index in [2.05, 4.69) is 10.6 Å². The molecule has 0 fully saturated rings. The second-order valence-electron chi connectivity index (χ2n) is 6.88. The van der Waals surface area contributed by atoms with Gasteiger partial charge in [-0.1, -0.05) is 60.7 Å². The number of carbonyl (C=O) groups is 2. The van der Waals surface area contributed by atoms with Gasteiger partial charge >= 0.3 is 0 Å². The number of hydrogen-bond acceptors (Lipinski definition) is 2. The zero-order valence-corrected chi connectivity index (χ0v) is 16.2. The van der Waals surface area contributed by atoms with Gasteiger partial charge < -0.3 is 10.6 Å². The van der Waals surface area contributed by atoms with Gasteiger partial charge in [0.2, 0.25) is 5.91 Å². The standard InChI is InChI=1S/C24H23FN2O2/c1-17-14-19(12-13-21(17)25)16-26-24(29)22(15-18-8-4-2-5-9-18)27-23(28)20-10-6-3-7-11-20/h2-14,22H,15-16H2,1H3,(H,26,29)(H,27,28)/t22-/m0/s1. The maximum atomic E-state index is 13.4. The summed E-state index contributed by atoms with van der Waals surface area (Å²) in [5.41, 5.74) is 2.76. The number of amides is 2. The van der Waals surface area contributed by atoms with E-state index in [4.69, 9.17) is 0 Å². The summed E-state index contributed by atoms with van der Waals surface area (Å²) >= 11 is 0. The van der Waals surface area contributed by atoms with Crippen molar-refractivity contribution in [2.45, 2.75) is 25.9 Å². The molecule has 0 spiro atoms. The van der Waals surface area contributed by atoms with Gasteiger partial charge in [-0.3, -0.25) is 9.59 Å². The summed E-state index contributed by atoms with van der Waals surface area (Å²) in [6, 6.07) is 22.3. The zero-order valence-electron chi connectivity index (χ0n) is 16.2. The van der Waals surface area contributed by atoms with Crippen LogP contribution in [0.15, 0.2) is 78.9 Å². The molecule has 0 radical (unpaired) electrons. The van der Waals surface area contributed by atoms with Gasteiger partial charge in [-0.25, -0.2) is 4.39 Å². The molecule has 3 aromatic carbocycles. The predicted molar refractivity (Wildman–Crippen MR) is 111 cm³/mol. The van der Waals surface area contributed by atoms with E-state index >= 15 is 0 Å². The summed E-state index contributed by atoms with van der Waals surface area (Å²) in [5.74, 6) is -0.878. The number of rotatable bonds is 7. The van der Waals surface area contributed by atoms with E-state index in [9.17, 15) is 14.0 Å². The molecule has 3 rings (SSSR count). The number of hydrogen-bond donors (Lipinski definition) is 2. The minimum Gasteiger partial charge on any atom is -0.350 e. The monoisotopic (exact) mass is 390 g/mol. The number of nitrogens with one attached hydrogen (secondary N) is 2. The molecule has 0 bridgehead atoms. The summed E-state index contributed by atoms with van der Waals surface area (Å²) in [4.78, 5) is 25.4. The van der Waals surface area contributed by atoms with Gasteiger partial charge in [0.15, 0.2) is 0 Å². The summed E-state index contributed by atoms with van der Waals surface area (Å²) in [7, 11) is 0. The minimum atomic E-state index is -0.730. The number of halogens is 1. The third-order valence-corrected chi connectivity index (χ3v) is 4.63. The summed E-state index contributed by atoms with van der Waals surface area (Å²) in [6.45, 7) is 1.94. The Labute approximate surface area is 169 Å². The lowest BCUT2D eigenvalue weighted by Crippen LogP contribution is -2.47. The molecule has 2 amide bonds. The van der Waals surface area contributed by atoms with Gasteiger partial charge in [0.05, 0.1) is 0 Å². The van der Waals surface area contributed by atoms with E-state index < -0.39 is 6.04 Å². The first-order valence-corrected chi connectivity index (χ1v) is 9.45. The maximum absolute atomic E-state index is 13.4. The summed E-state index contributed by atoms with van der Waals surface area (Å²) < 4.78 is 13.4. The molecular weight excluding hydrogens is 367 g/mol. The van der Waals surface area contributed by atoms with Crippen molar-refractivity contribution in [3.8, 4) is 0 Å². The average molecular weight is 390 g/mol. The van der Waals surface area contributed by atoms with Crippen LogP contribution in [-0.4, -0.2) is 17.9 Å². The average Bonchev–Trinajstić information content (AvgIpc) is 2.75. The zero-order chi connectivity index (χ0) is 20.6. The maximum Gasteiger partial charge on any atom is 0.251 e. The van der Waals surface area contributed by atoms with Crippen molar-refractivity contribution in [1.82, 2.24) is 10.6 Å². The Morgan fingerprint density at radius 1 is 0.897 bits per heavy atom. The van der Waals surface area contributed by atoms with Crippen LogP contribution in [0.5, 0.6) is 0 Å². The van der Waals surface area contributed by atoms with Crippen LogP contribution in [-0.2, 0) is 17.8 Å². The fourth-order valence-electron chi connectivity index (χ4n) is 3.02. The van der Waals surface area contributed by atoms with Crippen molar-refractivity contribution < 1.29 is 14.0 Å². The molecule has 0 aliphatic heterocycles. The Kier molecular flexibility index (Phi) is 6.74. The van der Waals surface area contributed by atoms with Crippen LogP contribution in [0, 0.1) is 12.7 Å². The highest BCUT2D eigenvalue weighted by Crippen LogP contribution is 2.10. The molecule has 0 unspecified atom stereocenters. The van der Waals surface area contributed by atoms with E-state index in [0.717, 1.165) is 11.1 Å². The third kappa shape index (κ3) is 5.75. The second kappa shape index (κ2) is 9.64. The van der Waals surface area contributed by atoms with Gasteiger partial charge in [0, 0.05) is 18.5 Å². The van der Waals surface area contributed by atoms with Gasteiger partial charge in [-0.05, 0) is 41.8 Å². The number of benzene rings is 3. The predicted octanol–water partition coefficient (Wildman–Crippen LogP) is 3.79. The quantitative estimate of drug-likeness (QED) is 0.645. The second-order valence-corrected chi connectivity index (χ2v) is 6.88. The molecular formula is C24H23FN2O2. The number of carbonyl (C=O) groups excluding carboxylic acids is 2. The Balaban J connectivity index is 1.71. The van der Waals surface area contributed by atoms with E-state index in [-0.39, 0.29) is 24.2 Å². The van der Waals surface area contributed by atoms with Crippen LogP contribution in [0.4, 0.5) is 4.39 Å². The van der Waals surface area contributed by atoms with E-state index in [1.807, 2.05) is 36.4 Å². The fourth-order valence-corrected chi connectivity index (χ4v) is 3.02. The lowest BCUT2D eigenvalue weighted by atomic mass is 10.0. The van der Waals surface area contributed by atoms with E-state index in [1.165, 1.54) is 6.07 Å². The van der Waals surface area contributed by atoms with Crippen LogP contribution in [0.25, 0.3) is 0 Å². The summed E-state index contributed by atoms with van der Waals surface area (Å²) in [6.07, 6.45) is 0.369. The smallest absolute Gasteiger partial charge is 0.251 e. The first-order valence-electron chi connectivity index (χ1n) is 9.45. The highest BCUT2D eigenvalue weighted by molar-refractivity contribution is 5.97. The third-order valence-electron chi connectivity index (χ3n) is 4.63. The molecule has 1 atom stereocenters. The molecule has 0 aliphatic carbocycles.